The molecule has 16 heavy (non-hydrogen) atoms. The lowest BCUT2D eigenvalue weighted by atomic mass is 10.2. The first-order valence-electron chi connectivity index (χ1n) is 5.73. The van der Waals surface area contributed by atoms with Gasteiger partial charge in [0.15, 0.2) is 0 Å². The van der Waals surface area contributed by atoms with Gasteiger partial charge < -0.3 is 14.9 Å². The highest BCUT2D eigenvalue weighted by Crippen LogP contribution is 2.01. The summed E-state index contributed by atoms with van der Waals surface area (Å²) < 4.78 is 0. The van der Waals surface area contributed by atoms with Crippen molar-refractivity contribution in [1.29, 1.82) is 0 Å². The van der Waals surface area contributed by atoms with E-state index < -0.39 is 5.97 Å². The summed E-state index contributed by atoms with van der Waals surface area (Å²) in [5, 5.41) is 8.84. The molecule has 1 N–H and O–H groups in total. The summed E-state index contributed by atoms with van der Waals surface area (Å²) in [6.45, 7) is 4.63. The lowest BCUT2D eigenvalue weighted by molar-refractivity contribution is -0.132. The highest BCUT2D eigenvalue weighted by molar-refractivity contribution is 5.86. The standard InChI is InChI=1S/C12H24N2O2/c1-5-11(12(15)16)7-10-14(4)9-6-8-13(2)3/h7H,5-6,8-10H2,1-4H3,(H,15,16). The van der Waals surface area contributed by atoms with Crippen molar-refractivity contribution in [3.05, 3.63) is 11.6 Å². The molecule has 0 unspecified atom stereocenters. The Hall–Kier alpha value is -0.870. The van der Waals surface area contributed by atoms with Gasteiger partial charge in [0.1, 0.15) is 0 Å². The summed E-state index contributed by atoms with van der Waals surface area (Å²) in [5.41, 5.74) is 0.499. The van der Waals surface area contributed by atoms with E-state index in [2.05, 4.69) is 23.9 Å². The molecular formula is C12H24N2O2. The van der Waals surface area contributed by atoms with Gasteiger partial charge in [-0.3, -0.25) is 0 Å². The third kappa shape index (κ3) is 7.43. The van der Waals surface area contributed by atoms with Gasteiger partial charge in [-0.15, -0.1) is 0 Å². The van der Waals surface area contributed by atoms with E-state index >= 15 is 0 Å². The Morgan fingerprint density at radius 1 is 1.25 bits per heavy atom. The van der Waals surface area contributed by atoms with Crippen molar-refractivity contribution in [2.45, 2.75) is 19.8 Å². The number of nitrogens with zero attached hydrogens (tertiary/aromatic N) is 2. The van der Waals surface area contributed by atoms with Crippen molar-refractivity contribution in [2.24, 2.45) is 0 Å². The van der Waals surface area contributed by atoms with Crippen molar-refractivity contribution >= 4 is 5.97 Å². The fourth-order valence-corrected chi connectivity index (χ4v) is 1.40. The number of carboxylic acid groups (broad SMARTS) is 1. The number of rotatable bonds is 8. The van der Waals surface area contributed by atoms with Crippen LogP contribution in [-0.4, -0.2) is 61.7 Å². The smallest absolute Gasteiger partial charge is 0.331 e. The number of aliphatic carboxylic acids is 1. The second-order valence-corrected chi connectivity index (χ2v) is 4.31. The van der Waals surface area contributed by atoms with Crippen molar-refractivity contribution in [2.75, 3.05) is 40.8 Å². The number of likely N-dealkylation sites (N-methyl/N-ethyl adjacent to an activating group) is 1. The molecule has 0 aromatic heterocycles. The summed E-state index contributed by atoms with van der Waals surface area (Å²) in [6.07, 6.45) is 3.49. The molecule has 0 radical (unpaired) electrons. The van der Waals surface area contributed by atoms with E-state index in [1.807, 2.05) is 14.0 Å². The minimum Gasteiger partial charge on any atom is -0.478 e. The largest absolute Gasteiger partial charge is 0.478 e. The Morgan fingerprint density at radius 2 is 1.88 bits per heavy atom. The van der Waals surface area contributed by atoms with E-state index in [1.54, 1.807) is 6.08 Å². The van der Waals surface area contributed by atoms with Crippen molar-refractivity contribution in [3.63, 3.8) is 0 Å². The number of hydrogen-bond donors (Lipinski definition) is 1. The van der Waals surface area contributed by atoms with Gasteiger partial charge >= 0.3 is 5.97 Å². The van der Waals surface area contributed by atoms with Gasteiger partial charge in [0.2, 0.25) is 0 Å². The van der Waals surface area contributed by atoms with Crippen LogP contribution in [0.4, 0.5) is 0 Å². The Bertz CT molecular complexity index is 237. The maximum absolute atomic E-state index is 10.8. The third-order valence-corrected chi connectivity index (χ3v) is 2.45. The molecule has 0 aromatic carbocycles. The molecule has 94 valence electrons. The van der Waals surface area contributed by atoms with Crippen molar-refractivity contribution < 1.29 is 9.90 Å². The van der Waals surface area contributed by atoms with E-state index in [9.17, 15) is 4.79 Å². The molecule has 0 aliphatic rings. The monoisotopic (exact) mass is 228 g/mol. The molecule has 0 saturated heterocycles. The summed E-state index contributed by atoms with van der Waals surface area (Å²) >= 11 is 0. The van der Waals surface area contributed by atoms with Crippen LogP contribution in [0.15, 0.2) is 11.6 Å². The van der Waals surface area contributed by atoms with E-state index in [0.717, 1.165) is 19.5 Å². The van der Waals surface area contributed by atoms with Crippen LogP contribution in [0.1, 0.15) is 19.8 Å². The average Bonchev–Trinajstić information content (AvgIpc) is 2.17. The molecule has 0 aromatic rings. The second-order valence-electron chi connectivity index (χ2n) is 4.31. The molecule has 0 heterocycles. The molecule has 0 atom stereocenters. The van der Waals surface area contributed by atoms with Gasteiger partial charge in [-0.05, 0) is 47.1 Å². The van der Waals surface area contributed by atoms with Crippen LogP contribution in [0, 0.1) is 0 Å². The van der Waals surface area contributed by atoms with Gasteiger partial charge in [-0.25, -0.2) is 4.79 Å². The normalized spacial score (nSPS) is 12.5. The van der Waals surface area contributed by atoms with Crippen LogP contribution in [0.25, 0.3) is 0 Å². The number of hydrogen-bond acceptors (Lipinski definition) is 3. The molecule has 0 amide bonds. The first-order chi connectivity index (χ1) is 7.47. The quantitative estimate of drug-likeness (QED) is 0.636. The summed E-state index contributed by atoms with van der Waals surface area (Å²) in [4.78, 5) is 15.0. The van der Waals surface area contributed by atoms with Gasteiger partial charge in [0, 0.05) is 12.1 Å². The van der Waals surface area contributed by atoms with E-state index in [4.69, 9.17) is 5.11 Å². The first kappa shape index (κ1) is 15.1. The van der Waals surface area contributed by atoms with E-state index in [0.29, 0.717) is 18.5 Å². The van der Waals surface area contributed by atoms with Gasteiger partial charge in [0.05, 0.1) is 0 Å². The zero-order chi connectivity index (χ0) is 12.6. The van der Waals surface area contributed by atoms with Crippen LogP contribution >= 0.6 is 0 Å². The maximum atomic E-state index is 10.8. The third-order valence-electron chi connectivity index (χ3n) is 2.45. The maximum Gasteiger partial charge on any atom is 0.331 e. The predicted molar refractivity (Wildman–Crippen MR) is 66.7 cm³/mol. The van der Waals surface area contributed by atoms with Crippen LogP contribution in [0.3, 0.4) is 0 Å². The fourth-order valence-electron chi connectivity index (χ4n) is 1.40. The van der Waals surface area contributed by atoms with E-state index in [-0.39, 0.29) is 0 Å². The van der Waals surface area contributed by atoms with Gasteiger partial charge in [-0.1, -0.05) is 13.0 Å². The zero-order valence-corrected chi connectivity index (χ0v) is 10.9. The van der Waals surface area contributed by atoms with Crippen LogP contribution in [0.2, 0.25) is 0 Å². The summed E-state index contributed by atoms with van der Waals surface area (Å²) in [7, 11) is 6.13. The fraction of sp³-hybridized carbons (Fsp3) is 0.750. The highest BCUT2D eigenvalue weighted by Gasteiger charge is 2.04. The molecule has 4 nitrogen and oxygen atoms in total. The number of carbonyl (C=O) groups is 1. The Balaban J connectivity index is 3.86. The average molecular weight is 228 g/mol. The predicted octanol–water partition coefficient (Wildman–Crippen LogP) is 1.29. The zero-order valence-electron chi connectivity index (χ0n) is 10.9. The van der Waals surface area contributed by atoms with Gasteiger partial charge in [-0.2, -0.15) is 0 Å². The Morgan fingerprint density at radius 3 is 2.31 bits per heavy atom. The Labute approximate surface area is 98.5 Å². The molecule has 0 aliphatic heterocycles. The molecule has 0 aliphatic carbocycles. The minimum absolute atomic E-state index is 0.499. The molecule has 0 fully saturated rings. The second kappa shape index (κ2) is 8.30. The first-order valence-corrected chi connectivity index (χ1v) is 5.73. The lowest BCUT2D eigenvalue weighted by Crippen LogP contribution is -2.24. The van der Waals surface area contributed by atoms with E-state index in [1.165, 1.54) is 0 Å². The topological polar surface area (TPSA) is 43.8 Å². The summed E-state index contributed by atoms with van der Waals surface area (Å²) in [6, 6.07) is 0. The SMILES string of the molecule is CCC(=CCN(C)CCCN(C)C)C(=O)O. The van der Waals surface area contributed by atoms with Crippen molar-refractivity contribution in [3.8, 4) is 0 Å². The molecule has 4 heteroatoms. The molecular weight excluding hydrogens is 204 g/mol. The molecule has 0 saturated carbocycles. The summed E-state index contributed by atoms with van der Waals surface area (Å²) in [5.74, 6) is -0.802. The minimum atomic E-state index is -0.802. The lowest BCUT2D eigenvalue weighted by Gasteiger charge is -2.16. The number of carboxylic acids is 1. The Kier molecular flexibility index (Phi) is 7.85. The van der Waals surface area contributed by atoms with Crippen LogP contribution in [-0.2, 0) is 4.79 Å². The van der Waals surface area contributed by atoms with Crippen LogP contribution < -0.4 is 0 Å². The van der Waals surface area contributed by atoms with Crippen molar-refractivity contribution in [1.82, 2.24) is 9.80 Å². The molecule has 0 bridgehead atoms. The molecule has 0 spiro atoms. The van der Waals surface area contributed by atoms with Gasteiger partial charge in [0.25, 0.3) is 0 Å². The highest BCUT2D eigenvalue weighted by atomic mass is 16.4. The molecule has 0 rings (SSSR count). The van der Waals surface area contributed by atoms with Crippen LogP contribution in [0.5, 0.6) is 0 Å².